The Kier molecular flexibility index (Phi) is 11.2. The Morgan fingerprint density at radius 2 is 1.35 bits per heavy atom. The number of hydrogen-bond donors (Lipinski definition) is 0. The van der Waals surface area contributed by atoms with E-state index in [4.69, 9.17) is 9.47 Å². The van der Waals surface area contributed by atoms with Crippen LogP contribution >= 0.6 is 0 Å². The third-order valence-electron chi connectivity index (χ3n) is 6.17. The lowest BCUT2D eigenvalue weighted by Gasteiger charge is -2.08. The molecular formula is C34H35N3O3. The van der Waals surface area contributed by atoms with Gasteiger partial charge in [0.25, 0.3) is 0 Å². The molecule has 0 amide bonds. The lowest BCUT2D eigenvalue weighted by molar-refractivity contribution is 0.0734. The van der Waals surface area contributed by atoms with Crippen LogP contribution in [0.5, 0.6) is 11.5 Å². The van der Waals surface area contributed by atoms with Crippen LogP contribution in [0.15, 0.2) is 118 Å². The Morgan fingerprint density at radius 3 is 2.10 bits per heavy atom. The quantitative estimate of drug-likeness (QED) is 0.0532. The predicted octanol–water partition coefficient (Wildman–Crippen LogP) is 9.81. The molecule has 0 spiro atoms. The van der Waals surface area contributed by atoms with E-state index in [-0.39, 0.29) is 0 Å². The van der Waals surface area contributed by atoms with Crippen molar-refractivity contribution < 1.29 is 14.3 Å². The number of benzene rings is 4. The van der Waals surface area contributed by atoms with E-state index >= 15 is 0 Å². The zero-order valence-electron chi connectivity index (χ0n) is 22.9. The summed E-state index contributed by atoms with van der Waals surface area (Å²) >= 11 is 0. The first-order valence-corrected chi connectivity index (χ1v) is 13.9. The van der Waals surface area contributed by atoms with Gasteiger partial charge in [-0.3, -0.25) is 4.99 Å². The van der Waals surface area contributed by atoms with Crippen LogP contribution in [0, 0.1) is 0 Å². The van der Waals surface area contributed by atoms with Gasteiger partial charge in [0.05, 0.1) is 29.2 Å². The Bertz CT molecular complexity index is 1380. The molecule has 204 valence electrons. The first kappa shape index (κ1) is 28.4. The Morgan fingerprint density at radius 1 is 0.675 bits per heavy atom. The molecule has 6 heteroatoms. The normalized spacial score (nSPS) is 11.2. The number of carbonyl (C=O) groups excluding carboxylic acids is 1. The summed E-state index contributed by atoms with van der Waals surface area (Å²) in [6, 6.07) is 31.4. The minimum Gasteiger partial charge on any atom is -0.494 e. The number of rotatable bonds is 14. The maximum Gasteiger partial charge on any atom is 0.343 e. The first-order chi connectivity index (χ1) is 19.7. The maximum atomic E-state index is 12.7. The Balaban J connectivity index is 1.25. The zero-order chi connectivity index (χ0) is 27.8. The van der Waals surface area contributed by atoms with Gasteiger partial charge in [0.2, 0.25) is 0 Å². The van der Waals surface area contributed by atoms with Crippen LogP contribution < -0.4 is 9.47 Å². The van der Waals surface area contributed by atoms with Gasteiger partial charge in [-0.2, -0.15) is 10.2 Å². The molecule has 0 radical (unpaired) electrons. The number of unbranched alkanes of at least 4 members (excludes halogenated alkanes) is 5. The summed E-state index contributed by atoms with van der Waals surface area (Å²) < 4.78 is 11.4. The van der Waals surface area contributed by atoms with Gasteiger partial charge in [-0.25, -0.2) is 4.79 Å². The van der Waals surface area contributed by atoms with Crippen LogP contribution in [0.4, 0.5) is 17.1 Å². The summed E-state index contributed by atoms with van der Waals surface area (Å²) in [4.78, 5) is 17.2. The molecule has 4 aromatic carbocycles. The molecule has 0 fully saturated rings. The van der Waals surface area contributed by atoms with Crippen molar-refractivity contribution in [1.29, 1.82) is 0 Å². The highest BCUT2D eigenvalue weighted by Crippen LogP contribution is 2.22. The number of esters is 1. The van der Waals surface area contributed by atoms with E-state index in [0.717, 1.165) is 34.8 Å². The van der Waals surface area contributed by atoms with Crippen LogP contribution in [0.2, 0.25) is 0 Å². The van der Waals surface area contributed by atoms with Gasteiger partial charge in [0, 0.05) is 6.21 Å². The van der Waals surface area contributed by atoms with Crippen molar-refractivity contribution >= 4 is 29.2 Å². The van der Waals surface area contributed by atoms with Crippen LogP contribution in [-0.2, 0) is 0 Å². The number of aliphatic imine (C=N–C) groups is 1. The highest BCUT2D eigenvalue weighted by molar-refractivity contribution is 5.91. The van der Waals surface area contributed by atoms with Gasteiger partial charge < -0.3 is 9.47 Å². The molecule has 0 aromatic heterocycles. The Labute approximate surface area is 236 Å². The highest BCUT2D eigenvalue weighted by atomic mass is 16.5. The van der Waals surface area contributed by atoms with Gasteiger partial charge in [-0.1, -0.05) is 69.4 Å². The second kappa shape index (κ2) is 15.7. The fraction of sp³-hybridized carbons (Fsp3) is 0.235. The fourth-order valence-corrected chi connectivity index (χ4v) is 3.95. The Hall–Kier alpha value is -4.58. The largest absolute Gasteiger partial charge is 0.494 e. The molecule has 4 aromatic rings. The monoisotopic (exact) mass is 533 g/mol. The SMILES string of the molecule is CCCCCCCCOc1ccc(C(=O)Oc2cccc(C=Nc3ccc(N=Nc4ccccc4)cc3)c2)cc1. The van der Waals surface area contributed by atoms with Crippen molar-refractivity contribution in [2.75, 3.05) is 6.61 Å². The molecular weight excluding hydrogens is 498 g/mol. The minimum atomic E-state index is -0.420. The molecule has 40 heavy (non-hydrogen) atoms. The molecule has 4 rings (SSSR count). The van der Waals surface area contributed by atoms with Gasteiger partial charge in [0.15, 0.2) is 0 Å². The van der Waals surface area contributed by atoms with E-state index in [0.29, 0.717) is 17.9 Å². The van der Waals surface area contributed by atoms with Crippen molar-refractivity contribution in [2.24, 2.45) is 15.2 Å². The summed E-state index contributed by atoms with van der Waals surface area (Å²) in [5, 5.41) is 8.47. The van der Waals surface area contributed by atoms with Gasteiger partial charge >= 0.3 is 5.97 Å². The van der Waals surface area contributed by atoms with E-state index in [1.54, 1.807) is 30.5 Å². The molecule has 0 atom stereocenters. The van der Waals surface area contributed by atoms with E-state index in [9.17, 15) is 4.79 Å². The van der Waals surface area contributed by atoms with E-state index in [1.807, 2.05) is 78.9 Å². The predicted molar refractivity (Wildman–Crippen MR) is 161 cm³/mol. The van der Waals surface area contributed by atoms with E-state index < -0.39 is 5.97 Å². The minimum absolute atomic E-state index is 0.420. The molecule has 6 nitrogen and oxygen atoms in total. The molecule has 0 saturated carbocycles. The second-order valence-electron chi connectivity index (χ2n) is 9.41. The average molecular weight is 534 g/mol. The smallest absolute Gasteiger partial charge is 0.343 e. The molecule has 0 bridgehead atoms. The molecule has 0 unspecified atom stereocenters. The van der Waals surface area contributed by atoms with Crippen molar-refractivity contribution in [1.82, 2.24) is 0 Å². The number of hydrogen-bond acceptors (Lipinski definition) is 6. The van der Waals surface area contributed by atoms with Crippen LogP contribution in [-0.4, -0.2) is 18.8 Å². The molecule has 0 N–H and O–H groups in total. The summed E-state index contributed by atoms with van der Waals surface area (Å²) in [5.74, 6) is 0.793. The van der Waals surface area contributed by atoms with E-state index in [1.165, 1.54) is 32.1 Å². The number of ether oxygens (including phenoxy) is 2. The molecule has 0 aliphatic rings. The van der Waals surface area contributed by atoms with Crippen LogP contribution in [0.25, 0.3) is 0 Å². The first-order valence-electron chi connectivity index (χ1n) is 13.9. The third kappa shape index (κ3) is 9.62. The average Bonchev–Trinajstić information content (AvgIpc) is 3.00. The number of azo groups is 1. The standard InChI is InChI=1S/C34H35N3O3/c1-2-3-4-5-6-10-24-39-32-22-16-28(17-23-32)34(38)40-33-15-11-12-27(25-33)26-35-29-18-20-31(21-19-29)37-36-30-13-8-7-9-14-30/h7-9,11-23,25-26H,2-6,10,24H2,1H3. The van der Waals surface area contributed by atoms with Crippen LogP contribution in [0.1, 0.15) is 61.4 Å². The zero-order valence-corrected chi connectivity index (χ0v) is 22.9. The lowest BCUT2D eigenvalue weighted by atomic mass is 10.1. The summed E-state index contributed by atoms with van der Waals surface area (Å²) in [5.41, 5.74) is 3.61. The summed E-state index contributed by atoms with van der Waals surface area (Å²) in [6.45, 7) is 2.91. The second-order valence-corrected chi connectivity index (χ2v) is 9.41. The van der Waals surface area contributed by atoms with Gasteiger partial charge in [-0.05, 0) is 84.8 Å². The fourth-order valence-electron chi connectivity index (χ4n) is 3.95. The van der Waals surface area contributed by atoms with Crippen LogP contribution in [0.3, 0.4) is 0 Å². The van der Waals surface area contributed by atoms with Crippen molar-refractivity contribution in [3.63, 3.8) is 0 Å². The maximum absolute atomic E-state index is 12.7. The molecule has 0 aliphatic carbocycles. The molecule has 0 heterocycles. The lowest BCUT2D eigenvalue weighted by Crippen LogP contribution is -2.08. The highest BCUT2D eigenvalue weighted by Gasteiger charge is 2.09. The van der Waals surface area contributed by atoms with Gasteiger partial charge in [0.1, 0.15) is 11.5 Å². The third-order valence-corrected chi connectivity index (χ3v) is 6.17. The van der Waals surface area contributed by atoms with E-state index in [2.05, 4.69) is 22.1 Å². The number of nitrogens with zero attached hydrogens (tertiary/aromatic N) is 3. The topological polar surface area (TPSA) is 72.6 Å². The van der Waals surface area contributed by atoms with Gasteiger partial charge in [-0.15, -0.1) is 0 Å². The summed E-state index contributed by atoms with van der Waals surface area (Å²) in [6.07, 6.45) is 9.06. The number of carbonyl (C=O) groups is 1. The molecule has 0 saturated heterocycles. The molecule has 0 aliphatic heterocycles. The van der Waals surface area contributed by atoms with Crippen molar-refractivity contribution in [3.8, 4) is 11.5 Å². The van der Waals surface area contributed by atoms with Crippen molar-refractivity contribution in [3.05, 3.63) is 114 Å². The summed E-state index contributed by atoms with van der Waals surface area (Å²) in [7, 11) is 0. The van der Waals surface area contributed by atoms with Crippen molar-refractivity contribution in [2.45, 2.75) is 45.4 Å².